The lowest BCUT2D eigenvalue weighted by Gasteiger charge is -2.25. The quantitative estimate of drug-likeness (QED) is 0.0334. The predicted molar refractivity (Wildman–Crippen MR) is 137 cm³/mol. The molecule has 0 spiro atoms. The summed E-state index contributed by atoms with van der Waals surface area (Å²) < 4.78 is 0. The maximum Gasteiger partial charge on any atom is 0.326 e. The smallest absolute Gasteiger partial charge is 0.326 e. The summed E-state index contributed by atoms with van der Waals surface area (Å²) in [4.78, 5) is 64.6. The van der Waals surface area contributed by atoms with Crippen LogP contribution in [0.1, 0.15) is 44.9 Å². The number of carbonyl (C=O) groups is 5. The third kappa shape index (κ3) is 14.3. The first kappa shape index (κ1) is 32.9. The number of amides is 4. The number of hydrogen-bond donors (Lipinski definition) is 10. The Morgan fingerprint density at radius 1 is 0.806 bits per heavy atom. The van der Waals surface area contributed by atoms with Crippen molar-refractivity contribution >= 4 is 48.2 Å². The molecule has 0 heterocycles. The van der Waals surface area contributed by atoms with Gasteiger partial charge in [0, 0.05) is 18.7 Å². The van der Waals surface area contributed by atoms with E-state index in [4.69, 9.17) is 28.7 Å². The van der Waals surface area contributed by atoms with Crippen molar-refractivity contribution in [3.8, 4) is 0 Å². The Morgan fingerprint density at radius 3 is 1.81 bits per heavy atom. The number of nitrogens with zero attached hydrogens (tertiary/aromatic N) is 1. The summed E-state index contributed by atoms with van der Waals surface area (Å²) in [6.45, 7) is 0.537. The Balaban J connectivity index is 5.60. The van der Waals surface area contributed by atoms with Gasteiger partial charge in [-0.1, -0.05) is 0 Å². The van der Waals surface area contributed by atoms with Crippen LogP contribution in [0.4, 0.5) is 0 Å². The minimum Gasteiger partial charge on any atom is -0.480 e. The molecular weight excluding hydrogens is 494 g/mol. The number of unbranched alkanes of at least 4 members (excludes halogenated alkanes) is 1. The number of hydrogen-bond acceptors (Lipinski definition) is 9. The average molecular weight is 534 g/mol. The lowest BCUT2D eigenvalue weighted by molar-refractivity contribution is -0.142. The van der Waals surface area contributed by atoms with Crippen molar-refractivity contribution in [1.29, 1.82) is 0 Å². The highest BCUT2D eigenvalue weighted by Gasteiger charge is 2.30. The molecule has 0 fully saturated rings. The second kappa shape index (κ2) is 18.2. The standard InChI is InChI=1S/C20H39N9O6S/c21-8-2-1-4-12(27-16(31)11(22)10-36)17(32)28-13(5-3-9-26-20(24)25)18(33)29-14(19(34)35)6-7-15(23)30/h11-14,36H,1-10,21-22H2,(H2,23,30)(H,27,31)(H,28,32)(H,29,33)(H,34,35)(H4,24,25,26). The van der Waals surface area contributed by atoms with Gasteiger partial charge < -0.3 is 49.7 Å². The molecule has 4 unspecified atom stereocenters. The molecule has 0 rings (SSSR count). The van der Waals surface area contributed by atoms with Gasteiger partial charge in [-0.25, -0.2) is 4.79 Å². The van der Waals surface area contributed by atoms with Gasteiger partial charge in [0.05, 0.1) is 6.04 Å². The molecule has 0 radical (unpaired) electrons. The fourth-order valence-corrected chi connectivity index (χ4v) is 3.15. The van der Waals surface area contributed by atoms with E-state index in [1.807, 2.05) is 0 Å². The number of carbonyl (C=O) groups excluding carboxylic acids is 4. The van der Waals surface area contributed by atoms with E-state index < -0.39 is 53.8 Å². The fraction of sp³-hybridized carbons (Fsp3) is 0.700. The van der Waals surface area contributed by atoms with Crippen molar-refractivity contribution < 1.29 is 29.1 Å². The van der Waals surface area contributed by atoms with Gasteiger partial charge in [0.15, 0.2) is 5.96 Å². The van der Waals surface area contributed by atoms with Crippen molar-refractivity contribution in [2.75, 3.05) is 18.8 Å². The van der Waals surface area contributed by atoms with E-state index in [1.54, 1.807) is 0 Å². The number of carboxylic acids is 1. The number of thiol groups is 1. The van der Waals surface area contributed by atoms with Crippen LogP contribution < -0.4 is 44.6 Å². The van der Waals surface area contributed by atoms with E-state index in [0.717, 1.165) is 0 Å². The third-order valence-electron chi connectivity index (χ3n) is 4.99. The summed E-state index contributed by atoms with van der Waals surface area (Å²) in [5.41, 5.74) is 26.9. The lowest BCUT2D eigenvalue weighted by atomic mass is 10.0. The highest BCUT2D eigenvalue weighted by Crippen LogP contribution is 2.06. The molecule has 0 saturated heterocycles. The van der Waals surface area contributed by atoms with Crippen molar-refractivity contribution in [1.82, 2.24) is 16.0 Å². The SMILES string of the molecule is NCCCCC(NC(=O)C(N)CS)C(=O)NC(CCCN=C(N)N)C(=O)NC(CCC(N)=O)C(=O)O. The van der Waals surface area contributed by atoms with Gasteiger partial charge >= 0.3 is 5.97 Å². The maximum atomic E-state index is 13.0. The molecular formula is C20H39N9O6S. The number of aliphatic carboxylic acids is 1. The first-order chi connectivity index (χ1) is 16.9. The molecule has 0 aromatic heterocycles. The van der Waals surface area contributed by atoms with Crippen molar-refractivity contribution in [2.45, 2.75) is 69.1 Å². The molecule has 36 heavy (non-hydrogen) atoms. The molecule has 4 atom stereocenters. The Kier molecular flexibility index (Phi) is 16.6. The van der Waals surface area contributed by atoms with Crippen LogP contribution in [-0.4, -0.2) is 83.7 Å². The van der Waals surface area contributed by atoms with Crippen molar-refractivity contribution in [3.05, 3.63) is 0 Å². The number of guanidine groups is 1. The first-order valence-electron chi connectivity index (χ1n) is 11.5. The molecule has 0 saturated carbocycles. The van der Waals surface area contributed by atoms with Crippen molar-refractivity contribution in [2.24, 2.45) is 33.7 Å². The van der Waals surface area contributed by atoms with E-state index in [2.05, 4.69) is 33.6 Å². The van der Waals surface area contributed by atoms with Gasteiger partial charge in [0.25, 0.3) is 0 Å². The summed E-state index contributed by atoms with van der Waals surface area (Å²) in [5, 5.41) is 16.8. The second-order valence-electron chi connectivity index (χ2n) is 8.05. The predicted octanol–water partition coefficient (Wildman–Crippen LogP) is -3.77. The average Bonchev–Trinajstić information content (AvgIpc) is 2.81. The van der Waals surface area contributed by atoms with Crippen LogP contribution in [0, 0.1) is 0 Å². The normalized spacial score (nSPS) is 14.0. The molecule has 206 valence electrons. The van der Waals surface area contributed by atoms with Crippen molar-refractivity contribution in [3.63, 3.8) is 0 Å². The van der Waals surface area contributed by atoms with Crippen LogP contribution in [0.3, 0.4) is 0 Å². The van der Waals surface area contributed by atoms with Crippen LogP contribution in [0.5, 0.6) is 0 Å². The summed E-state index contributed by atoms with van der Waals surface area (Å²) in [6.07, 6.45) is 1.16. The Morgan fingerprint density at radius 2 is 1.33 bits per heavy atom. The summed E-state index contributed by atoms with van der Waals surface area (Å²) in [7, 11) is 0. The summed E-state index contributed by atoms with van der Waals surface area (Å²) >= 11 is 3.98. The van der Waals surface area contributed by atoms with Crippen LogP contribution in [0.25, 0.3) is 0 Å². The highest BCUT2D eigenvalue weighted by atomic mass is 32.1. The van der Waals surface area contributed by atoms with Crippen LogP contribution >= 0.6 is 12.6 Å². The second-order valence-corrected chi connectivity index (χ2v) is 8.41. The van der Waals surface area contributed by atoms with Gasteiger partial charge in [-0.3, -0.25) is 24.2 Å². The number of primary amides is 1. The highest BCUT2D eigenvalue weighted by molar-refractivity contribution is 7.80. The molecule has 0 aromatic rings. The molecule has 15 nitrogen and oxygen atoms in total. The zero-order valence-electron chi connectivity index (χ0n) is 20.2. The fourth-order valence-electron chi connectivity index (χ4n) is 2.98. The molecule has 0 aliphatic rings. The van der Waals surface area contributed by atoms with Crippen LogP contribution in [-0.2, 0) is 24.0 Å². The van der Waals surface area contributed by atoms with E-state index in [0.29, 0.717) is 19.4 Å². The molecule has 0 bridgehead atoms. The Labute approximate surface area is 215 Å². The molecule has 4 amide bonds. The Hall–Kier alpha value is -3.11. The molecule has 0 aromatic carbocycles. The zero-order valence-corrected chi connectivity index (χ0v) is 21.0. The first-order valence-corrected chi connectivity index (χ1v) is 12.1. The number of nitrogens with one attached hydrogen (secondary N) is 3. The van der Waals surface area contributed by atoms with E-state index in [9.17, 15) is 29.1 Å². The number of carboxylic acid groups (broad SMARTS) is 1. The van der Waals surface area contributed by atoms with Gasteiger partial charge in [-0.15, -0.1) is 0 Å². The van der Waals surface area contributed by atoms with E-state index in [1.165, 1.54) is 0 Å². The largest absolute Gasteiger partial charge is 0.480 e. The molecule has 14 N–H and O–H groups in total. The summed E-state index contributed by atoms with van der Waals surface area (Å²) in [5.74, 6) is -4.26. The number of aliphatic imine (C=N–C) groups is 1. The van der Waals surface area contributed by atoms with Crippen LogP contribution in [0.15, 0.2) is 4.99 Å². The minimum absolute atomic E-state index is 0.0517. The summed E-state index contributed by atoms with van der Waals surface area (Å²) in [6, 6.07) is -4.56. The zero-order chi connectivity index (χ0) is 27.7. The third-order valence-corrected chi connectivity index (χ3v) is 5.38. The van der Waals surface area contributed by atoms with E-state index in [-0.39, 0.29) is 50.4 Å². The Bertz CT molecular complexity index is 779. The van der Waals surface area contributed by atoms with Gasteiger partial charge in [0.2, 0.25) is 23.6 Å². The maximum absolute atomic E-state index is 13.0. The van der Waals surface area contributed by atoms with E-state index >= 15 is 0 Å². The number of nitrogens with two attached hydrogens (primary N) is 5. The lowest BCUT2D eigenvalue weighted by Crippen LogP contribution is -2.57. The van der Waals surface area contributed by atoms with Gasteiger partial charge in [0.1, 0.15) is 18.1 Å². The topological polar surface area (TPSA) is 284 Å². The number of rotatable bonds is 19. The van der Waals surface area contributed by atoms with Gasteiger partial charge in [-0.05, 0) is 45.1 Å². The molecule has 0 aliphatic carbocycles. The van der Waals surface area contributed by atoms with Gasteiger partial charge in [-0.2, -0.15) is 12.6 Å². The van der Waals surface area contributed by atoms with Crippen LogP contribution in [0.2, 0.25) is 0 Å². The monoisotopic (exact) mass is 533 g/mol. The molecule has 16 heteroatoms. The molecule has 0 aliphatic heterocycles. The minimum atomic E-state index is -1.41.